The van der Waals surface area contributed by atoms with Crippen molar-refractivity contribution in [1.82, 2.24) is 10.2 Å². The fourth-order valence-corrected chi connectivity index (χ4v) is 5.77. The van der Waals surface area contributed by atoms with Gasteiger partial charge < -0.3 is 20.2 Å². The highest BCUT2D eigenvalue weighted by molar-refractivity contribution is 7.80. The Balaban J connectivity index is 1.37. The number of thiocarbonyl (C=S) groups is 1. The summed E-state index contributed by atoms with van der Waals surface area (Å²) < 4.78 is 40.2. The van der Waals surface area contributed by atoms with Crippen molar-refractivity contribution in [2.24, 2.45) is 4.99 Å². The van der Waals surface area contributed by atoms with Crippen molar-refractivity contribution >= 4 is 57.8 Å². The number of hydrogen-bond acceptors (Lipinski definition) is 4. The van der Waals surface area contributed by atoms with Crippen molar-refractivity contribution in [1.29, 1.82) is 0 Å². The molecule has 2 N–H and O–H groups in total. The first-order valence-corrected chi connectivity index (χ1v) is 13.9. The number of piperidine rings is 1. The molecule has 3 aromatic carbocycles. The zero-order chi connectivity index (χ0) is 29.5. The van der Waals surface area contributed by atoms with Crippen LogP contribution in [0.3, 0.4) is 0 Å². The van der Waals surface area contributed by atoms with Gasteiger partial charge in [0.05, 0.1) is 27.6 Å². The molecule has 0 bridgehead atoms. The molecule has 0 aliphatic carbocycles. The molecule has 1 amide bonds. The summed E-state index contributed by atoms with van der Waals surface area (Å²) >= 11 is 17.7. The van der Waals surface area contributed by atoms with E-state index in [0.717, 1.165) is 17.7 Å². The average molecular weight is 622 g/mol. The number of hydrogen-bond donors (Lipinski definition) is 2. The van der Waals surface area contributed by atoms with Gasteiger partial charge in [-0.2, -0.15) is 13.2 Å². The van der Waals surface area contributed by atoms with Crippen LogP contribution in [-0.2, 0) is 16.6 Å². The third kappa shape index (κ3) is 5.92. The smallest absolute Gasteiger partial charge is 0.385 e. The number of nitrogens with zero attached hydrogens (tertiary/aromatic N) is 3. The molecule has 2 aliphatic rings. The average Bonchev–Trinajstić information content (AvgIpc) is 3.03. The van der Waals surface area contributed by atoms with E-state index in [9.17, 15) is 23.1 Å². The molecule has 2 heterocycles. The fraction of sp³-hybridized carbons (Fsp3) is 0.276. The lowest BCUT2D eigenvalue weighted by atomic mass is 9.84. The van der Waals surface area contributed by atoms with Crippen LogP contribution >= 0.6 is 35.4 Å². The molecule has 0 saturated carbocycles. The van der Waals surface area contributed by atoms with Crippen molar-refractivity contribution in [3.05, 3.63) is 99.0 Å². The van der Waals surface area contributed by atoms with Crippen LogP contribution in [0.5, 0.6) is 0 Å². The molecule has 12 heteroatoms. The van der Waals surface area contributed by atoms with Crippen LogP contribution in [0.25, 0.3) is 0 Å². The number of likely N-dealkylation sites (tertiary alicyclic amines) is 1. The number of likely N-dealkylation sites (N-methyl/N-ethyl adjacent to an activating group) is 1. The number of alkyl halides is 3. The van der Waals surface area contributed by atoms with Crippen LogP contribution in [0.1, 0.15) is 35.1 Å². The topological polar surface area (TPSA) is 68.2 Å². The van der Waals surface area contributed by atoms with Crippen LogP contribution in [-0.4, -0.2) is 53.0 Å². The predicted octanol–water partition coefficient (Wildman–Crippen LogP) is 6.01. The SMILES string of the molecule is CN1C(=O)C(NC(=S)N2CCC(O)(c3ccc(Cl)c(C(F)(F)F)c3)CC2)N=C(c2ccccc2)c2cc(Cl)ccc21. The maximum Gasteiger partial charge on any atom is 0.417 e. The van der Waals surface area contributed by atoms with Gasteiger partial charge in [0.2, 0.25) is 6.17 Å². The van der Waals surface area contributed by atoms with Gasteiger partial charge in [-0.25, -0.2) is 4.99 Å². The molecule has 3 aromatic rings. The lowest BCUT2D eigenvalue weighted by Gasteiger charge is -2.40. The van der Waals surface area contributed by atoms with Gasteiger partial charge in [0, 0.05) is 36.3 Å². The molecule has 1 fully saturated rings. The number of halogens is 5. The van der Waals surface area contributed by atoms with Crippen molar-refractivity contribution in [3.8, 4) is 0 Å². The highest BCUT2D eigenvalue weighted by Gasteiger charge is 2.39. The fourth-order valence-electron chi connectivity index (χ4n) is 5.08. The van der Waals surface area contributed by atoms with E-state index in [0.29, 0.717) is 22.0 Å². The highest BCUT2D eigenvalue weighted by Crippen LogP contribution is 2.40. The second-order valence-corrected chi connectivity index (χ2v) is 11.2. The first-order chi connectivity index (χ1) is 19.4. The summed E-state index contributed by atoms with van der Waals surface area (Å²) in [5.41, 5.74) is 0.352. The standard InChI is InChI=1S/C29H25Cl2F3N4O2S/c1-37-23-10-8-19(30)16-20(23)24(17-5-3-2-4-6-17)35-25(26(37)39)36-27(41)38-13-11-28(40,12-14-38)18-7-9-22(31)21(15-18)29(32,33)34/h2-10,15-16,25,40H,11-14H2,1H3,(H,36,41). The Morgan fingerprint density at radius 1 is 1.07 bits per heavy atom. The van der Waals surface area contributed by atoms with E-state index < -0.39 is 28.5 Å². The molecular formula is C29H25Cl2F3N4O2S. The second-order valence-electron chi connectivity index (χ2n) is 9.97. The second kappa shape index (κ2) is 11.2. The molecule has 41 heavy (non-hydrogen) atoms. The number of benzodiazepines with no additional fused rings is 1. The van der Waals surface area contributed by atoms with Gasteiger partial charge in [-0.05, 0) is 61.0 Å². The number of rotatable bonds is 3. The first-order valence-electron chi connectivity index (χ1n) is 12.7. The molecule has 1 saturated heterocycles. The number of benzene rings is 3. The monoisotopic (exact) mass is 620 g/mol. The number of fused-ring (bicyclic) bond motifs is 1. The van der Waals surface area contributed by atoms with Gasteiger partial charge in [-0.15, -0.1) is 0 Å². The van der Waals surface area contributed by atoms with E-state index in [1.54, 1.807) is 30.1 Å². The van der Waals surface area contributed by atoms with E-state index in [1.165, 1.54) is 11.0 Å². The van der Waals surface area contributed by atoms with Crippen LogP contribution in [0, 0.1) is 0 Å². The van der Waals surface area contributed by atoms with Crippen molar-refractivity contribution in [3.63, 3.8) is 0 Å². The molecule has 2 aliphatic heterocycles. The number of aliphatic imine (C=N–C) groups is 1. The van der Waals surface area contributed by atoms with E-state index in [-0.39, 0.29) is 42.5 Å². The van der Waals surface area contributed by atoms with Crippen LogP contribution < -0.4 is 10.2 Å². The molecule has 1 atom stereocenters. The normalized spacial score (nSPS) is 18.9. The Kier molecular flexibility index (Phi) is 8.04. The lowest BCUT2D eigenvalue weighted by molar-refractivity contribution is -0.137. The number of aliphatic hydroxyl groups is 1. The summed E-state index contributed by atoms with van der Waals surface area (Å²) in [5, 5.41) is 14.6. The Morgan fingerprint density at radius 3 is 2.41 bits per heavy atom. The molecule has 0 spiro atoms. The summed E-state index contributed by atoms with van der Waals surface area (Å²) in [6.45, 7) is 0.488. The largest absolute Gasteiger partial charge is 0.417 e. The molecule has 6 nitrogen and oxygen atoms in total. The van der Waals surface area contributed by atoms with E-state index in [1.807, 2.05) is 30.3 Å². The molecule has 1 unspecified atom stereocenters. The number of anilines is 1. The zero-order valence-electron chi connectivity index (χ0n) is 21.8. The van der Waals surface area contributed by atoms with E-state index in [2.05, 4.69) is 5.32 Å². The van der Waals surface area contributed by atoms with Gasteiger partial charge >= 0.3 is 6.18 Å². The summed E-state index contributed by atoms with van der Waals surface area (Å²) in [6.07, 6.45) is -5.46. The van der Waals surface area contributed by atoms with E-state index in [4.69, 9.17) is 40.4 Å². The maximum absolute atomic E-state index is 13.5. The summed E-state index contributed by atoms with van der Waals surface area (Å²) in [6, 6.07) is 18.1. The third-order valence-electron chi connectivity index (χ3n) is 7.39. The molecular weight excluding hydrogens is 596 g/mol. The van der Waals surface area contributed by atoms with Crippen molar-refractivity contribution < 1.29 is 23.1 Å². The van der Waals surface area contributed by atoms with E-state index >= 15 is 0 Å². The minimum Gasteiger partial charge on any atom is -0.385 e. The summed E-state index contributed by atoms with van der Waals surface area (Å²) in [5.74, 6) is -0.337. The number of amides is 1. The Bertz CT molecular complexity index is 1530. The molecule has 0 aromatic heterocycles. The molecule has 0 radical (unpaired) electrons. The van der Waals surface area contributed by atoms with Gasteiger partial charge in [0.15, 0.2) is 5.11 Å². The maximum atomic E-state index is 13.5. The Hall–Kier alpha value is -3.18. The Labute approximate surface area is 250 Å². The number of carbonyl (C=O) groups is 1. The molecule has 214 valence electrons. The van der Waals surface area contributed by atoms with Gasteiger partial charge in [-0.1, -0.05) is 59.6 Å². The Morgan fingerprint density at radius 2 is 1.76 bits per heavy atom. The predicted molar refractivity (Wildman–Crippen MR) is 158 cm³/mol. The highest BCUT2D eigenvalue weighted by atomic mass is 35.5. The van der Waals surface area contributed by atoms with Gasteiger partial charge in [0.25, 0.3) is 5.91 Å². The molecule has 5 rings (SSSR count). The summed E-state index contributed by atoms with van der Waals surface area (Å²) in [7, 11) is 1.65. The van der Waals surface area contributed by atoms with Crippen molar-refractivity contribution in [2.75, 3.05) is 25.0 Å². The van der Waals surface area contributed by atoms with Crippen LogP contribution in [0.4, 0.5) is 18.9 Å². The number of carbonyl (C=O) groups excluding carboxylic acids is 1. The quantitative estimate of drug-likeness (QED) is 0.351. The van der Waals surface area contributed by atoms with Crippen LogP contribution in [0.2, 0.25) is 10.0 Å². The zero-order valence-corrected chi connectivity index (χ0v) is 24.1. The third-order valence-corrected chi connectivity index (χ3v) is 8.33. The lowest BCUT2D eigenvalue weighted by Crippen LogP contribution is -2.53. The minimum atomic E-state index is -4.64. The van der Waals surface area contributed by atoms with Crippen LogP contribution in [0.15, 0.2) is 71.7 Å². The van der Waals surface area contributed by atoms with Gasteiger partial charge in [-0.3, -0.25) is 4.79 Å². The number of nitrogens with one attached hydrogen (secondary N) is 1. The first kappa shape index (κ1) is 29.3. The summed E-state index contributed by atoms with van der Waals surface area (Å²) in [4.78, 5) is 21.6. The minimum absolute atomic E-state index is 0.120. The van der Waals surface area contributed by atoms with Crippen molar-refractivity contribution in [2.45, 2.75) is 30.8 Å². The van der Waals surface area contributed by atoms with Gasteiger partial charge in [0.1, 0.15) is 0 Å².